The molecule has 0 radical (unpaired) electrons. The molecule has 0 aromatic carbocycles. The fourth-order valence-electron chi connectivity index (χ4n) is 2.40. The molecule has 1 aliphatic carbocycles. The van der Waals surface area contributed by atoms with Gasteiger partial charge in [-0.15, -0.1) is 0 Å². The number of aliphatic hydroxyl groups excluding tert-OH is 2. The normalized spacial score (nSPS) is 19.6. The summed E-state index contributed by atoms with van der Waals surface area (Å²) in [5.74, 6) is 0.236. The van der Waals surface area contributed by atoms with E-state index in [9.17, 15) is 10.2 Å². The first-order valence-corrected chi connectivity index (χ1v) is 7.64. The van der Waals surface area contributed by atoms with Gasteiger partial charge in [0.25, 0.3) is 0 Å². The van der Waals surface area contributed by atoms with Crippen LogP contribution in [0.15, 0.2) is 24.0 Å². The van der Waals surface area contributed by atoms with Gasteiger partial charge in [-0.3, -0.25) is 4.90 Å². The van der Waals surface area contributed by atoms with E-state index in [2.05, 4.69) is 18.7 Å². The lowest BCUT2D eigenvalue weighted by molar-refractivity contribution is -0.0613. The molecule has 0 amide bonds. The van der Waals surface area contributed by atoms with Crippen molar-refractivity contribution in [3.63, 3.8) is 0 Å². The van der Waals surface area contributed by atoms with Crippen LogP contribution in [-0.2, 0) is 4.74 Å². The number of nitrogens with zero attached hydrogens (tertiary/aromatic N) is 1. The molecule has 0 bridgehead atoms. The van der Waals surface area contributed by atoms with Crippen molar-refractivity contribution < 1.29 is 14.9 Å². The number of aliphatic hydroxyl groups is 2. The lowest BCUT2D eigenvalue weighted by atomic mass is 10.0. The minimum absolute atomic E-state index is 0.117. The molecule has 0 saturated heterocycles. The molecule has 4 heteroatoms. The molecule has 2 unspecified atom stereocenters. The molecule has 4 nitrogen and oxygen atoms in total. The van der Waals surface area contributed by atoms with E-state index in [1.165, 1.54) is 0 Å². The van der Waals surface area contributed by atoms with Gasteiger partial charge in [0, 0.05) is 12.6 Å². The van der Waals surface area contributed by atoms with Gasteiger partial charge in [-0.2, -0.15) is 0 Å². The van der Waals surface area contributed by atoms with E-state index >= 15 is 0 Å². The summed E-state index contributed by atoms with van der Waals surface area (Å²) in [4.78, 5) is 2.09. The van der Waals surface area contributed by atoms with Crippen molar-refractivity contribution in [1.82, 2.24) is 4.90 Å². The fraction of sp³-hybridized carbons (Fsp3) is 0.750. The monoisotopic (exact) mass is 283 g/mol. The van der Waals surface area contributed by atoms with Gasteiger partial charge in [-0.25, -0.2) is 0 Å². The van der Waals surface area contributed by atoms with Gasteiger partial charge in [-0.1, -0.05) is 26.0 Å². The Hall–Kier alpha value is -0.840. The molecule has 0 aliphatic heterocycles. The second-order valence-corrected chi connectivity index (χ2v) is 5.28. The molecular weight excluding hydrogens is 254 g/mol. The Bertz CT molecular complexity index is 324. The molecule has 1 rings (SSSR count). The topological polar surface area (TPSA) is 52.9 Å². The number of hydrogen-bond acceptors (Lipinski definition) is 4. The number of allylic oxidation sites excluding steroid dienone is 3. The average Bonchev–Trinajstić information content (AvgIpc) is 3.28. The third kappa shape index (κ3) is 4.93. The summed E-state index contributed by atoms with van der Waals surface area (Å²) in [6, 6.07) is 0.461. The highest BCUT2D eigenvalue weighted by Crippen LogP contribution is 2.31. The van der Waals surface area contributed by atoms with Crippen molar-refractivity contribution >= 4 is 0 Å². The molecule has 116 valence electrons. The van der Waals surface area contributed by atoms with Crippen LogP contribution in [0.25, 0.3) is 0 Å². The van der Waals surface area contributed by atoms with Crippen LogP contribution >= 0.6 is 0 Å². The predicted molar refractivity (Wildman–Crippen MR) is 81.1 cm³/mol. The van der Waals surface area contributed by atoms with E-state index < -0.39 is 12.1 Å². The van der Waals surface area contributed by atoms with Crippen molar-refractivity contribution in [2.24, 2.45) is 5.92 Å². The average molecular weight is 283 g/mol. The van der Waals surface area contributed by atoms with Crippen LogP contribution in [0.3, 0.4) is 0 Å². The second-order valence-electron chi connectivity index (χ2n) is 5.28. The maximum Gasteiger partial charge on any atom is 0.119 e. The standard InChI is InChI=1S/C16H29NO3/c1-4-6-7-8-15(20-3)14(12-18)16(19)17(11-5-2)13-9-10-13/h6-8,13-14,16,18-19H,4-5,9-12H2,1-3H3/b7-6-,15-8-. The van der Waals surface area contributed by atoms with Gasteiger partial charge in [-0.05, 0) is 31.8 Å². The highest BCUT2D eigenvalue weighted by atomic mass is 16.5. The molecule has 20 heavy (non-hydrogen) atoms. The maximum absolute atomic E-state index is 10.6. The third-order valence-corrected chi connectivity index (χ3v) is 3.63. The summed E-state index contributed by atoms with van der Waals surface area (Å²) < 4.78 is 5.36. The van der Waals surface area contributed by atoms with Crippen molar-refractivity contribution in [2.75, 3.05) is 20.3 Å². The molecule has 0 spiro atoms. The van der Waals surface area contributed by atoms with Crippen LogP contribution < -0.4 is 0 Å². The van der Waals surface area contributed by atoms with Crippen LogP contribution in [0.2, 0.25) is 0 Å². The molecular formula is C16H29NO3. The number of methoxy groups -OCH3 is 1. The van der Waals surface area contributed by atoms with Gasteiger partial charge in [0.15, 0.2) is 0 Å². The van der Waals surface area contributed by atoms with Crippen LogP contribution in [0, 0.1) is 5.92 Å². The SMILES string of the molecule is CC/C=C\C=C(/OC)C(CO)C(O)N(CCC)C1CC1. The lowest BCUT2D eigenvalue weighted by Gasteiger charge is -2.33. The van der Waals surface area contributed by atoms with Gasteiger partial charge in [0.05, 0.1) is 19.6 Å². The lowest BCUT2D eigenvalue weighted by Crippen LogP contribution is -2.44. The Morgan fingerprint density at radius 1 is 1.40 bits per heavy atom. The van der Waals surface area contributed by atoms with Gasteiger partial charge >= 0.3 is 0 Å². The summed E-state index contributed by atoms with van der Waals surface area (Å²) in [7, 11) is 1.59. The van der Waals surface area contributed by atoms with Crippen molar-refractivity contribution in [1.29, 1.82) is 0 Å². The van der Waals surface area contributed by atoms with Crippen LogP contribution in [0.4, 0.5) is 0 Å². The molecule has 2 N–H and O–H groups in total. The zero-order chi connectivity index (χ0) is 15.0. The van der Waals surface area contributed by atoms with E-state index in [0.717, 1.165) is 32.2 Å². The third-order valence-electron chi connectivity index (χ3n) is 3.63. The van der Waals surface area contributed by atoms with Crippen molar-refractivity contribution in [3.05, 3.63) is 24.0 Å². The van der Waals surface area contributed by atoms with E-state index in [1.54, 1.807) is 7.11 Å². The largest absolute Gasteiger partial charge is 0.501 e. The highest BCUT2D eigenvalue weighted by molar-refractivity contribution is 5.12. The van der Waals surface area contributed by atoms with Crippen molar-refractivity contribution in [3.8, 4) is 0 Å². The quantitative estimate of drug-likeness (QED) is 0.367. The zero-order valence-electron chi connectivity index (χ0n) is 13.0. The Balaban J connectivity index is 2.79. The Labute approximate surface area is 122 Å². The fourth-order valence-corrected chi connectivity index (χ4v) is 2.40. The minimum Gasteiger partial charge on any atom is -0.501 e. The first-order valence-electron chi connectivity index (χ1n) is 7.64. The van der Waals surface area contributed by atoms with Gasteiger partial charge in [0.1, 0.15) is 12.0 Å². The summed E-state index contributed by atoms with van der Waals surface area (Å²) in [6.45, 7) is 4.90. The molecule has 2 atom stereocenters. The summed E-state index contributed by atoms with van der Waals surface area (Å²) >= 11 is 0. The maximum atomic E-state index is 10.6. The van der Waals surface area contributed by atoms with E-state index in [-0.39, 0.29) is 6.61 Å². The summed E-state index contributed by atoms with van der Waals surface area (Å²) in [6.07, 6.45) is 9.30. The zero-order valence-corrected chi connectivity index (χ0v) is 13.0. The molecule has 1 fully saturated rings. The molecule has 0 aromatic rings. The molecule has 1 saturated carbocycles. The van der Waals surface area contributed by atoms with E-state index in [4.69, 9.17) is 4.74 Å². The molecule has 1 aliphatic rings. The van der Waals surface area contributed by atoms with Crippen molar-refractivity contribution in [2.45, 2.75) is 51.8 Å². The van der Waals surface area contributed by atoms with E-state index in [0.29, 0.717) is 11.8 Å². The summed E-state index contributed by atoms with van der Waals surface area (Å²) in [5.41, 5.74) is 0. The second kappa shape index (κ2) is 9.16. The predicted octanol–water partition coefficient (Wildman–Crippen LogP) is 2.28. The van der Waals surface area contributed by atoms with Crippen LogP contribution in [0.1, 0.15) is 39.5 Å². The molecule has 0 aromatic heterocycles. The number of ether oxygens (including phenoxy) is 1. The molecule has 0 heterocycles. The number of rotatable bonds is 10. The van der Waals surface area contributed by atoms with Gasteiger partial charge in [0.2, 0.25) is 0 Å². The smallest absolute Gasteiger partial charge is 0.119 e. The Kier molecular flexibility index (Phi) is 7.88. The minimum atomic E-state index is -0.686. The first-order chi connectivity index (χ1) is 9.69. The first kappa shape index (κ1) is 17.2. The van der Waals surface area contributed by atoms with Crippen LogP contribution in [-0.4, -0.2) is 47.6 Å². The Morgan fingerprint density at radius 2 is 2.10 bits per heavy atom. The van der Waals surface area contributed by atoms with Crippen LogP contribution in [0.5, 0.6) is 0 Å². The number of hydrogen-bond donors (Lipinski definition) is 2. The van der Waals surface area contributed by atoms with Gasteiger partial charge < -0.3 is 14.9 Å². The van der Waals surface area contributed by atoms with E-state index in [1.807, 2.05) is 18.2 Å². The summed E-state index contributed by atoms with van der Waals surface area (Å²) in [5, 5.41) is 20.2. The highest BCUT2D eigenvalue weighted by Gasteiger charge is 2.37. The Morgan fingerprint density at radius 3 is 2.55 bits per heavy atom.